The maximum atomic E-state index is 11.4. The van der Waals surface area contributed by atoms with Crippen LogP contribution >= 0.6 is 8.25 Å². The van der Waals surface area contributed by atoms with Crippen molar-refractivity contribution in [2.45, 2.75) is 78.1 Å². The van der Waals surface area contributed by atoms with Gasteiger partial charge in [0.1, 0.15) is 0 Å². The molecule has 0 bridgehead atoms. The van der Waals surface area contributed by atoms with E-state index in [9.17, 15) is 4.57 Å². The van der Waals surface area contributed by atoms with E-state index in [1.807, 2.05) is 12.2 Å². The Morgan fingerprint density at radius 2 is 1.20 bits per heavy atom. The molecule has 0 saturated heterocycles. The first kappa shape index (κ1) is 19.3. The van der Waals surface area contributed by atoms with Gasteiger partial charge in [-0.05, 0) is 37.8 Å². The molecule has 0 aromatic rings. The molecule has 4 heteroatoms. The lowest BCUT2D eigenvalue weighted by Gasteiger charge is -2.00. The van der Waals surface area contributed by atoms with Crippen molar-refractivity contribution in [2.75, 3.05) is 0 Å². The maximum absolute atomic E-state index is 11.4. The lowest BCUT2D eigenvalue weighted by atomic mass is 10.2. The number of unbranched alkanes of at least 4 members (excludes halogenated alkanes) is 8. The third-order valence-corrected chi connectivity index (χ3v) is 3.63. The first-order chi connectivity index (χ1) is 9.81. The van der Waals surface area contributed by atoms with Gasteiger partial charge >= 0.3 is 8.25 Å². The van der Waals surface area contributed by atoms with Crippen molar-refractivity contribution < 1.29 is 13.6 Å². The van der Waals surface area contributed by atoms with Crippen molar-refractivity contribution in [2.24, 2.45) is 0 Å². The van der Waals surface area contributed by atoms with E-state index in [1.165, 1.54) is 51.0 Å². The second-order valence-corrected chi connectivity index (χ2v) is 5.90. The van der Waals surface area contributed by atoms with E-state index in [0.717, 1.165) is 25.7 Å². The Morgan fingerprint density at radius 3 is 1.60 bits per heavy atom. The van der Waals surface area contributed by atoms with Crippen molar-refractivity contribution in [3.8, 4) is 0 Å². The van der Waals surface area contributed by atoms with Gasteiger partial charge in [0.25, 0.3) is 0 Å². The van der Waals surface area contributed by atoms with Crippen molar-refractivity contribution in [3.63, 3.8) is 0 Å². The topological polar surface area (TPSA) is 35.5 Å². The first-order valence-electron chi connectivity index (χ1n) is 7.98. The third-order valence-electron chi connectivity index (χ3n) is 2.97. The van der Waals surface area contributed by atoms with Crippen LogP contribution in [0.2, 0.25) is 0 Å². The first-order valence-corrected chi connectivity index (χ1v) is 9.21. The van der Waals surface area contributed by atoms with Crippen LogP contribution < -0.4 is 0 Å². The van der Waals surface area contributed by atoms with E-state index in [1.54, 1.807) is 0 Å². The van der Waals surface area contributed by atoms with Crippen LogP contribution in [-0.4, -0.2) is 0 Å². The summed E-state index contributed by atoms with van der Waals surface area (Å²) < 4.78 is 21.3. The molecular formula is C16H31O3P. The molecule has 0 rings (SSSR count). The van der Waals surface area contributed by atoms with Gasteiger partial charge < -0.3 is 9.05 Å². The molecule has 0 saturated carbocycles. The zero-order valence-electron chi connectivity index (χ0n) is 13.1. The van der Waals surface area contributed by atoms with Gasteiger partial charge in [-0.3, -0.25) is 0 Å². The maximum Gasteiger partial charge on any atom is 0.417 e. The van der Waals surface area contributed by atoms with Crippen molar-refractivity contribution in [1.82, 2.24) is 0 Å². The summed E-state index contributed by atoms with van der Waals surface area (Å²) in [6.07, 6.45) is 18.6. The summed E-state index contributed by atoms with van der Waals surface area (Å²) in [7, 11) is -2.41. The van der Waals surface area contributed by atoms with Gasteiger partial charge in [-0.1, -0.05) is 52.4 Å². The lowest BCUT2D eigenvalue weighted by Crippen LogP contribution is -1.75. The molecule has 20 heavy (non-hydrogen) atoms. The largest absolute Gasteiger partial charge is 0.426 e. The quantitative estimate of drug-likeness (QED) is 0.212. The molecule has 0 fully saturated rings. The van der Waals surface area contributed by atoms with Crippen LogP contribution in [0, 0.1) is 0 Å². The molecule has 0 atom stereocenters. The monoisotopic (exact) mass is 302 g/mol. The summed E-state index contributed by atoms with van der Waals surface area (Å²) in [5.74, 6) is 0. The molecule has 0 aliphatic heterocycles. The standard InChI is InChI=1S/C16H31O3P/c1-3-5-7-9-11-13-15-18-20(17)19-16-14-12-10-8-6-4-2/h13-16,20H,3-12H2,1-2H3. The van der Waals surface area contributed by atoms with Crippen LogP contribution in [0.25, 0.3) is 0 Å². The van der Waals surface area contributed by atoms with Gasteiger partial charge in [0.2, 0.25) is 0 Å². The Balaban J connectivity index is 3.39. The van der Waals surface area contributed by atoms with Crippen LogP contribution in [0.3, 0.4) is 0 Å². The van der Waals surface area contributed by atoms with Gasteiger partial charge in [0, 0.05) is 0 Å². The molecule has 0 N–H and O–H groups in total. The van der Waals surface area contributed by atoms with E-state index >= 15 is 0 Å². The lowest BCUT2D eigenvalue weighted by molar-refractivity contribution is 0.354. The van der Waals surface area contributed by atoms with Crippen LogP contribution in [0.4, 0.5) is 0 Å². The molecule has 3 nitrogen and oxygen atoms in total. The molecule has 0 aromatic carbocycles. The molecule has 0 radical (unpaired) electrons. The van der Waals surface area contributed by atoms with Gasteiger partial charge in [0.05, 0.1) is 12.5 Å². The Labute approximate surface area is 125 Å². The normalized spacial score (nSPS) is 13.1. The highest BCUT2D eigenvalue weighted by atomic mass is 31.1. The van der Waals surface area contributed by atoms with Gasteiger partial charge in [-0.15, -0.1) is 0 Å². The summed E-state index contributed by atoms with van der Waals surface area (Å²) in [6.45, 7) is 4.39. The Hall–Kier alpha value is -0.690. The summed E-state index contributed by atoms with van der Waals surface area (Å²) in [5.41, 5.74) is 0. The second-order valence-electron chi connectivity index (χ2n) is 4.93. The summed E-state index contributed by atoms with van der Waals surface area (Å²) >= 11 is 0. The summed E-state index contributed by atoms with van der Waals surface area (Å²) in [4.78, 5) is 0. The van der Waals surface area contributed by atoms with Crippen LogP contribution in [0.15, 0.2) is 24.7 Å². The zero-order chi connectivity index (χ0) is 14.9. The molecule has 0 amide bonds. The van der Waals surface area contributed by atoms with Gasteiger partial charge in [-0.2, -0.15) is 0 Å². The number of hydrogen-bond acceptors (Lipinski definition) is 3. The fraction of sp³-hybridized carbons (Fsp3) is 0.750. The highest BCUT2D eigenvalue weighted by Gasteiger charge is 1.92. The van der Waals surface area contributed by atoms with E-state index in [0.29, 0.717) is 0 Å². The predicted molar refractivity (Wildman–Crippen MR) is 87.0 cm³/mol. The molecule has 118 valence electrons. The van der Waals surface area contributed by atoms with Gasteiger partial charge in [0.15, 0.2) is 0 Å². The fourth-order valence-electron chi connectivity index (χ4n) is 1.75. The molecule has 0 unspecified atom stereocenters. The summed E-state index contributed by atoms with van der Waals surface area (Å²) in [6, 6.07) is 0. The van der Waals surface area contributed by atoms with Crippen molar-refractivity contribution >= 4 is 8.25 Å². The Morgan fingerprint density at radius 1 is 0.750 bits per heavy atom. The SMILES string of the molecule is CCCCCCC=CO[PH](=O)OC=CCCCCCC. The highest BCUT2D eigenvalue weighted by molar-refractivity contribution is 7.33. The third kappa shape index (κ3) is 15.4. The molecule has 0 aliphatic rings. The zero-order valence-corrected chi connectivity index (χ0v) is 14.1. The Kier molecular flexibility index (Phi) is 15.8. The number of allylic oxidation sites excluding steroid dienone is 2. The fourth-order valence-corrected chi connectivity index (χ4v) is 2.22. The van der Waals surface area contributed by atoms with Gasteiger partial charge in [-0.25, -0.2) is 4.57 Å². The van der Waals surface area contributed by atoms with E-state index in [2.05, 4.69) is 13.8 Å². The van der Waals surface area contributed by atoms with Crippen molar-refractivity contribution in [1.29, 1.82) is 0 Å². The summed E-state index contributed by atoms with van der Waals surface area (Å²) in [5, 5.41) is 0. The molecular weight excluding hydrogens is 271 g/mol. The predicted octanol–water partition coefficient (Wildman–Crippen LogP) is 6.38. The molecule has 0 heterocycles. The van der Waals surface area contributed by atoms with Crippen molar-refractivity contribution in [3.05, 3.63) is 24.7 Å². The van der Waals surface area contributed by atoms with E-state index in [4.69, 9.17) is 9.05 Å². The molecule has 0 spiro atoms. The minimum atomic E-state index is -2.41. The van der Waals surface area contributed by atoms with Crippen LogP contribution in [0.5, 0.6) is 0 Å². The average Bonchev–Trinajstić information content (AvgIpc) is 2.45. The van der Waals surface area contributed by atoms with Crippen LogP contribution in [0.1, 0.15) is 78.1 Å². The highest BCUT2D eigenvalue weighted by Crippen LogP contribution is 2.24. The van der Waals surface area contributed by atoms with Crippen LogP contribution in [-0.2, 0) is 13.6 Å². The number of hydrogen-bond donors (Lipinski definition) is 0. The smallest absolute Gasteiger partial charge is 0.417 e. The Bertz CT molecular complexity index is 249. The average molecular weight is 302 g/mol. The second kappa shape index (κ2) is 16.4. The minimum absolute atomic E-state index is 0.975. The molecule has 0 aromatic heterocycles. The molecule has 0 aliphatic carbocycles. The van der Waals surface area contributed by atoms with E-state index in [-0.39, 0.29) is 0 Å². The van der Waals surface area contributed by atoms with E-state index < -0.39 is 8.25 Å². The minimum Gasteiger partial charge on any atom is -0.426 e. The number of rotatable bonds is 14.